The van der Waals surface area contributed by atoms with Gasteiger partial charge >= 0.3 is 0 Å². The minimum absolute atomic E-state index is 0.0332. The van der Waals surface area contributed by atoms with E-state index >= 15 is 0 Å². The lowest BCUT2D eigenvalue weighted by Gasteiger charge is -2.27. The summed E-state index contributed by atoms with van der Waals surface area (Å²) in [6, 6.07) is 14.5. The summed E-state index contributed by atoms with van der Waals surface area (Å²) in [5.74, 6) is 2.21. The fourth-order valence-corrected chi connectivity index (χ4v) is 6.33. The Kier molecular flexibility index (Phi) is 12.3. The number of ether oxygens (including phenoxy) is 4. The molecule has 5 rings (SSSR count). The van der Waals surface area contributed by atoms with Gasteiger partial charge in [-0.2, -0.15) is 0 Å². The lowest BCUT2D eigenvalue weighted by Crippen LogP contribution is -2.31. The van der Waals surface area contributed by atoms with Gasteiger partial charge in [-0.25, -0.2) is 14.4 Å². The molecule has 0 spiro atoms. The molecule has 1 N–H and O–H groups in total. The van der Waals surface area contributed by atoms with Crippen molar-refractivity contribution in [3.63, 3.8) is 0 Å². The van der Waals surface area contributed by atoms with E-state index in [1.54, 1.807) is 45.2 Å². The number of hydrogen-bond acceptors (Lipinski definition) is 10. The summed E-state index contributed by atoms with van der Waals surface area (Å²) in [4.78, 5) is 21.9. The van der Waals surface area contributed by atoms with Crippen LogP contribution in [-0.2, 0) is 16.1 Å². The summed E-state index contributed by atoms with van der Waals surface area (Å²) in [6.45, 7) is 8.33. The van der Waals surface area contributed by atoms with Crippen molar-refractivity contribution in [3.8, 4) is 17.2 Å². The molecule has 46 heavy (non-hydrogen) atoms. The summed E-state index contributed by atoms with van der Waals surface area (Å²) < 4.78 is 35.4. The molecule has 12 heteroatoms. The summed E-state index contributed by atoms with van der Waals surface area (Å²) >= 11 is 8.03. The number of aromatic nitrogens is 2. The second-order valence-corrected chi connectivity index (χ2v) is 13.3. The molecule has 9 nitrogen and oxygen atoms in total. The van der Waals surface area contributed by atoms with E-state index < -0.39 is 5.82 Å². The van der Waals surface area contributed by atoms with Gasteiger partial charge < -0.3 is 29.2 Å². The molecule has 1 unspecified atom stereocenters. The summed E-state index contributed by atoms with van der Waals surface area (Å²) in [7, 11) is 4.88. The number of rotatable bonds is 10. The highest BCUT2D eigenvalue weighted by molar-refractivity contribution is 8.00. The molecule has 0 saturated carbocycles. The topological polar surface area (TPSA) is 95.0 Å². The molecule has 1 aliphatic rings. The van der Waals surface area contributed by atoms with Crippen molar-refractivity contribution < 1.29 is 28.1 Å². The van der Waals surface area contributed by atoms with Crippen molar-refractivity contribution in [3.05, 3.63) is 71.3 Å². The SMILES string of the molecule is CC(C)(C)OC=O.COc1ccc(CN(c2ccc(F)c(Cl)c2)c2ncnc3cc(OC)c(SC4CCCNC4)cc23)cc1OC. The monoisotopic (exact) mass is 670 g/mol. The van der Waals surface area contributed by atoms with E-state index in [0.717, 1.165) is 53.0 Å². The van der Waals surface area contributed by atoms with Gasteiger partial charge in [0.25, 0.3) is 6.47 Å². The Balaban J connectivity index is 0.000000617. The number of anilines is 2. The van der Waals surface area contributed by atoms with Gasteiger partial charge in [0.15, 0.2) is 11.5 Å². The number of piperidine rings is 1. The van der Waals surface area contributed by atoms with Gasteiger partial charge in [0.2, 0.25) is 0 Å². The lowest BCUT2D eigenvalue weighted by atomic mass is 10.1. The lowest BCUT2D eigenvalue weighted by molar-refractivity contribution is -0.138. The zero-order chi connectivity index (χ0) is 33.3. The maximum absolute atomic E-state index is 14.2. The highest BCUT2D eigenvalue weighted by Gasteiger charge is 2.22. The Bertz CT molecular complexity index is 1630. The minimum atomic E-state index is -0.483. The van der Waals surface area contributed by atoms with Crippen LogP contribution in [0.25, 0.3) is 10.9 Å². The van der Waals surface area contributed by atoms with Gasteiger partial charge in [0, 0.05) is 35.5 Å². The molecule has 3 aromatic carbocycles. The minimum Gasteiger partial charge on any atom is -0.496 e. The molecule has 0 bridgehead atoms. The number of nitrogens with one attached hydrogen (secondary N) is 1. The van der Waals surface area contributed by atoms with Crippen LogP contribution in [0, 0.1) is 5.82 Å². The molecule has 1 aliphatic heterocycles. The van der Waals surface area contributed by atoms with Crippen LogP contribution in [0.3, 0.4) is 0 Å². The average molecular weight is 671 g/mol. The summed E-state index contributed by atoms with van der Waals surface area (Å²) in [5.41, 5.74) is 2.06. The van der Waals surface area contributed by atoms with Crippen molar-refractivity contribution in [1.29, 1.82) is 0 Å². The Morgan fingerprint density at radius 1 is 1.02 bits per heavy atom. The third-order valence-corrected chi connectivity index (χ3v) is 8.70. The molecule has 4 aromatic rings. The number of nitrogens with zero attached hydrogens (tertiary/aromatic N) is 3. The Hall–Kier alpha value is -3.80. The van der Waals surface area contributed by atoms with Gasteiger partial charge in [-0.15, -0.1) is 11.8 Å². The first-order chi connectivity index (χ1) is 22.1. The quantitative estimate of drug-likeness (QED) is 0.170. The first-order valence-corrected chi connectivity index (χ1v) is 16.1. The fraction of sp³-hybridized carbons (Fsp3) is 0.382. The van der Waals surface area contributed by atoms with Crippen molar-refractivity contribution >= 4 is 52.2 Å². The van der Waals surface area contributed by atoms with Gasteiger partial charge in [0.1, 0.15) is 29.3 Å². The highest BCUT2D eigenvalue weighted by atomic mass is 35.5. The van der Waals surface area contributed by atoms with E-state index in [2.05, 4.69) is 21.1 Å². The summed E-state index contributed by atoms with van der Waals surface area (Å²) in [6.07, 6.45) is 3.81. The first-order valence-electron chi connectivity index (χ1n) is 14.8. The Morgan fingerprint density at radius 2 is 1.78 bits per heavy atom. The number of methoxy groups -OCH3 is 3. The van der Waals surface area contributed by atoms with Crippen LogP contribution in [0.1, 0.15) is 39.2 Å². The highest BCUT2D eigenvalue weighted by Crippen LogP contribution is 2.41. The molecule has 0 radical (unpaired) electrons. The largest absolute Gasteiger partial charge is 0.496 e. The van der Waals surface area contributed by atoms with Crippen LogP contribution in [0.4, 0.5) is 15.9 Å². The zero-order valence-electron chi connectivity index (χ0n) is 26.9. The predicted octanol–water partition coefficient (Wildman–Crippen LogP) is 7.59. The van der Waals surface area contributed by atoms with Gasteiger partial charge in [-0.1, -0.05) is 17.7 Å². The van der Waals surface area contributed by atoms with Crippen LogP contribution in [0.2, 0.25) is 5.02 Å². The van der Waals surface area contributed by atoms with Crippen LogP contribution >= 0.6 is 23.4 Å². The van der Waals surface area contributed by atoms with Crippen molar-refractivity contribution in [2.75, 3.05) is 39.3 Å². The van der Waals surface area contributed by atoms with E-state index in [0.29, 0.717) is 41.3 Å². The third-order valence-electron chi connectivity index (χ3n) is 7.11. The molecule has 1 aromatic heterocycles. The van der Waals surface area contributed by atoms with Crippen molar-refractivity contribution in [1.82, 2.24) is 15.3 Å². The fourth-order valence-electron chi connectivity index (χ4n) is 4.86. The normalized spacial score (nSPS) is 14.6. The number of carbonyl (C=O) groups is 1. The van der Waals surface area contributed by atoms with E-state index in [-0.39, 0.29) is 10.6 Å². The molecular formula is C34H40ClFN4O5S. The number of halogens is 2. The Labute approximate surface area is 278 Å². The van der Waals surface area contributed by atoms with Crippen LogP contribution in [0.15, 0.2) is 59.8 Å². The standard InChI is InChI=1S/C29H30ClFN4O3S.C5H10O2/c1-36-25-9-6-18(11-26(25)37-2)16-35(19-7-8-23(31)22(30)12-19)29-21-13-28(39-20-5-4-10-32-15-20)27(38-3)14-24(21)33-17-34-29;1-5(2,3)7-4-6/h6-9,11-14,17,20,32H,4-5,10,15-16H2,1-3H3;4H,1-3H3. The predicted molar refractivity (Wildman–Crippen MR) is 182 cm³/mol. The summed E-state index contributed by atoms with van der Waals surface area (Å²) in [5, 5.41) is 4.81. The van der Waals surface area contributed by atoms with Gasteiger partial charge in [-0.05, 0) is 82.1 Å². The van der Waals surface area contributed by atoms with Gasteiger partial charge in [0.05, 0.1) is 36.8 Å². The van der Waals surface area contributed by atoms with E-state index in [1.165, 1.54) is 12.4 Å². The first kappa shape index (κ1) is 35.1. The van der Waals surface area contributed by atoms with Crippen molar-refractivity contribution in [2.24, 2.45) is 0 Å². The Morgan fingerprint density at radius 3 is 2.39 bits per heavy atom. The third kappa shape index (κ3) is 9.14. The molecule has 246 valence electrons. The number of carbonyl (C=O) groups excluding carboxylic acids is 1. The number of fused-ring (bicyclic) bond motifs is 1. The molecule has 0 amide bonds. The van der Waals surface area contributed by atoms with Crippen molar-refractivity contribution in [2.45, 2.75) is 55.9 Å². The van der Waals surface area contributed by atoms with Crippen LogP contribution in [0.5, 0.6) is 17.2 Å². The van der Waals surface area contributed by atoms with Crippen LogP contribution in [-0.4, -0.2) is 61.7 Å². The second kappa shape index (κ2) is 16.2. The maximum atomic E-state index is 14.2. The molecule has 1 fully saturated rings. The second-order valence-electron chi connectivity index (χ2n) is 11.5. The molecular weight excluding hydrogens is 631 g/mol. The van der Waals surface area contributed by atoms with Gasteiger partial charge in [-0.3, -0.25) is 4.79 Å². The number of hydrogen-bond donors (Lipinski definition) is 1. The van der Waals surface area contributed by atoms with Crippen LogP contribution < -0.4 is 24.4 Å². The molecule has 1 saturated heterocycles. The molecule has 0 aliphatic carbocycles. The molecule has 2 heterocycles. The number of thioether (sulfide) groups is 1. The van der Waals surface area contributed by atoms with E-state index in [1.807, 2.05) is 49.9 Å². The zero-order valence-corrected chi connectivity index (χ0v) is 28.5. The molecule has 1 atom stereocenters. The maximum Gasteiger partial charge on any atom is 0.293 e. The van der Waals surface area contributed by atoms with E-state index in [4.69, 9.17) is 30.8 Å². The number of benzene rings is 3. The smallest absolute Gasteiger partial charge is 0.293 e. The van der Waals surface area contributed by atoms with E-state index in [9.17, 15) is 9.18 Å². The average Bonchev–Trinajstić information content (AvgIpc) is 3.04.